The summed E-state index contributed by atoms with van der Waals surface area (Å²) in [7, 11) is 0. The van der Waals surface area contributed by atoms with Crippen molar-refractivity contribution in [1.29, 1.82) is 0 Å². The topological polar surface area (TPSA) is 38.3 Å². The Labute approximate surface area is 81.6 Å². The Morgan fingerprint density at radius 1 is 1.38 bits per heavy atom. The fraction of sp³-hybridized carbons (Fsp3) is 0.222. The second-order valence-electron chi connectivity index (χ2n) is 2.33. The van der Waals surface area contributed by atoms with Crippen LogP contribution in [0, 0.1) is 0 Å². The normalized spacial score (nSPS) is 9.62. The van der Waals surface area contributed by atoms with E-state index in [0.29, 0.717) is 18.1 Å². The van der Waals surface area contributed by atoms with Crippen LogP contribution in [-0.2, 0) is 4.84 Å². The van der Waals surface area contributed by atoms with E-state index in [2.05, 4.69) is 5.48 Å². The molecule has 1 N–H and O–H groups in total. The van der Waals surface area contributed by atoms with E-state index >= 15 is 0 Å². The zero-order valence-corrected chi connectivity index (χ0v) is 7.75. The van der Waals surface area contributed by atoms with Crippen molar-refractivity contribution in [2.24, 2.45) is 0 Å². The van der Waals surface area contributed by atoms with Crippen molar-refractivity contribution < 1.29 is 9.63 Å². The molecule has 0 radical (unpaired) electrons. The standard InChI is InChI=1S/C9H10ClNO2/c10-6-7-13-11-9(12)8-4-2-1-3-5-8/h1-5H,6-7H2,(H,11,12). The van der Waals surface area contributed by atoms with Crippen LogP contribution in [0.15, 0.2) is 30.3 Å². The van der Waals surface area contributed by atoms with Crippen LogP contribution in [-0.4, -0.2) is 18.4 Å². The molecule has 0 aliphatic heterocycles. The summed E-state index contributed by atoms with van der Waals surface area (Å²) in [5, 5.41) is 0. The van der Waals surface area contributed by atoms with Crippen molar-refractivity contribution in [2.75, 3.05) is 12.5 Å². The highest BCUT2D eigenvalue weighted by molar-refractivity contribution is 6.17. The molecule has 0 spiro atoms. The molecule has 70 valence electrons. The second-order valence-corrected chi connectivity index (χ2v) is 2.71. The van der Waals surface area contributed by atoms with Crippen molar-refractivity contribution in [1.82, 2.24) is 5.48 Å². The summed E-state index contributed by atoms with van der Waals surface area (Å²) in [6.45, 7) is 0.306. The first-order valence-electron chi connectivity index (χ1n) is 3.87. The van der Waals surface area contributed by atoms with Gasteiger partial charge in [-0.15, -0.1) is 11.6 Å². The molecular formula is C9H10ClNO2. The molecule has 0 unspecified atom stereocenters. The maximum Gasteiger partial charge on any atom is 0.274 e. The van der Waals surface area contributed by atoms with Crippen LogP contribution in [0.1, 0.15) is 10.4 Å². The van der Waals surface area contributed by atoms with Gasteiger partial charge >= 0.3 is 0 Å². The van der Waals surface area contributed by atoms with E-state index in [-0.39, 0.29) is 5.91 Å². The summed E-state index contributed by atoms with van der Waals surface area (Å²) in [6.07, 6.45) is 0. The molecule has 0 saturated heterocycles. The van der Waals surface area contributed by atoms with E-state index in [1.54, 1.807) is 24.3 Å². The molecule has 0 bridgehead atoms. The van der Waals surface area contributed by atoms with E-state index in [1.165, 1.54) is 0 Å². The molecule has 1 aromatic rings. The van der Waals surface area contributed by atoms with Gasteiger partial charge in [-0.05, 0) is 12.1 Å². The van der Waals surface area contributed by atoms with Crippen molar-refractivity contribution in [3.05, 3.63) is 35.9 Å². The number of hydroxylamine groups is 1. The molecule has 0 heterocycles. The molecule has 1 aromatic carbocycles. The number of carbonyl (C=O) groups excluding carboxylic acids is 1. The number of alkyl halides is 1. The highest BCUT2D eigenvalue weighted by Gasteiger charge is 2.02. The Kier molecular flexibility index (Phi) is 4.29. The summed E-state index contributed by atoms with van der Waals surface area (Å²) < 4.78 is 0. The predicted molar refractivity (Wildman–Crippen MR) is 50.6 cm³/mol. The quantitative estimate of drug-likeness (QED) is 0.454. The number of halogens is 1. The predicted octanol–water partition coefficient (Wildman–Crippen LogP) is 1.59. The van der Waals surface area contributed by atoms with Crippen LogP contribution < -0.4 is 5.48 Å². The third-order valence-electron chi connectivity index (χ3n) is 1.38. The van der Waals surface area contributed by atoms with Crippen LogP contribution >= 0.6 is 11.6 Å². The van der Waals surface area contributed by atoms with Crippen LogP contribution in [0.25, 0.3) is 0 Å². The monoisotopic (exact) mass is 199 g/mol. The van der Waals surface area contributed by atoms with E-state index in [4.69, 9.17) is 16.4 Å². The highest BCUT2D eigenvalue weighted by Crippen LogP contribution is 1.97. The van der Waals surface area contributed by atoms with E-state index in [1.807, 2.05) is 6.07 Å². The van der Waals surface area contributed by atoms with Gasteiger partial charge in [0.1, 0.15) is 0 Å². The summed E-state index contributed by atoms with van der Waals surface area (Å²) in [5.74, 6) is 0.0976. The Balaban J connectivity index is 2.40. The van der Waals surface area contributed by atoms with Crippen LogP contribution in [0.5, 0.6) is 0 Å². The minimum Gasteiger partial charge on any atom is -0.272 e. The molecule has 0 saturated carbocycles. The molecule has 0 atom stereocenters. The molecule has 0 aromatic heterocycles. The molecule has 1 amide bonds. The van der Waals surface area contributed by atoms with Gasteiger partial charge in [0.15, 0.2) is 0 Å². The van der Waals surface area contributed by atoms with Gasteiger partial charge in [-0.25, -0.2) is 5.48 Å². The lowest BCUT2D eigenvalue weighted by atomic mass is 10.2. The third kappa shape index (κ3) is 3.44. The van der Waals surface area contributed by atoms with E-state index < -0.39 is 0 Å². The summed E-state index contributed by atoms with van der Waals surface area (Å²) >= 11 is 5.35. The van der Waals surface area contributed by atoms with Gasteiger partial charge in [-0.3, -0.25) is 9.63 Å². The number of hydrogen-bond acceptors (Lipinski definition) is 2. The molecule has 0 aliphatic rings. The molecule has 13 heavy (non-hydrogen) atoms. The number of rotatable bonds is 4. The summed E-state index contributed by atoms with van der Waals surface area (Å²) in [5.41, 5.74) is 2.84. The molecular weight excluding hydrogens is 190 g/mol. The molecule has 0 aliphatic carbocycles. The molecule has 4 heteroatoms. The van der Waals surface area contributed by atoms with Crippen LogP contribution in [0.4, 0.5) is 0 Å². The van der Waals surface area contributed by atoms with Gasteiger partial charge in [-0.1, -0.05) is 18.2 Å². The van der Waals surface area contributed by atoms with E-state index in [0.717, 1.165) is 0 Å². The minimum absolute atomic E-state index is 0.259. The lowest BCUT2D eigenvalue weighted by Crippen LogP contribution is -2.24. The Bertz CT molecular complexity index is 264. The fourth-order valence-corrected chi connectivity index (χ4v) is 0.881. The Morgan fingerprint density at radius 2 is 2.08 bits per heavy atom. The average molecular weight is 200 g/mol. The van der Waals surface area contributed by atoms with Gasteiger partial charge in [0, 0.05) is 11.4 Å². The first-order valence-corrected chi connectivity index (χ1v) is 4.41. The van der Waals surface area contributed by atoms with Gasteiger partial charge in [0.2, 0.25) is 0 Å². The van der Waals surface area contributed by atoms with Gasteiger partial charge in [-0.2, -0.15) is 0 Å². The number of hydrogen-bond donors (Lipinski definition) is 1. The third-order valence-corrected chi connectivity index (χ3v) is 1.53. The maximum absolute atomic E-state index is 11.2. The average Bonchev–Trinajstić information content (AvgIpc) is 2.19. The smallest absolute Gasteiger partial charge is 0.272 e. The first-order chi connectivity index (χ1) is 6.34. The van der Waals surface area contributed by atoms with Crippen molar-refractivity contribution in [3.63, 3.8) is 0 Å². The maximum atomic E-state index is 11.2. The zero-order valence-electron chi connectivity index (χ0n) is 7.00. The molecule has 1 rings (SSSR count). The van der Waals surface area contributed by atoms with Crippen molar-refractivity contribution in [3.8, 4) is 0 Å². The van der Waals surface area contributed by atoms with Crippen LogP contribution in [0.2, 0.25) is 0 Å². The number of amides is 1. The summed E-state index contributed by atoms with van der Waals surface area (Å²) in [4.78, 5) is 16.0. The van der Waals surface area contributed by atoms with Gasteiger partial charge in [0.05, 0.1) is 6.61 Å². The highest BCUT2D eigenvalue weighted by atomic mass is 35.5. The zero-order chi connectivity index (χ0) is 9.52. The van der Waals surface area contributed by atoms with E-state index in [9.17, 15) is 4.79 Å². The lowest BCUT2D eigenvalue weighted by Gasteiger charge is -2.03. The van der Waals surface area contributed by atoms with Crippen molar-refractivity contribution in [2.45, 2.75) is 0 Å². The summed E-state index contributed by atoms with van der Waals surface area (Å²) in [6, 6.07) is 8.84. The fourth-order valence-electron chi connectivity index (χ4n) is 0.804. The SMILES string of the molecule is O=C(NOCCCl)c1ccccc1. The molecule has 0 fully saturated rings. The minimum atomic E-state index is -0.259. The first kappa shape index (κ1) is 10.0. The molecule has 3 nitrogen and oxygen atoms in total. The Morgan fingerprint density at radius 3 is 2.69 bits per heavy atom. The lowest BCUT2D eigenvalue weighted by molar-refractivity contribution is 0.0372. The second kappa shape index (κ2) is 5.56. The number of benzene rings is 1. The van der Waals surface area contributed by atoms with Crippen LogP contribution in [0.3, 0.4) is 0 Å². The number of nitrogens with one attached hydrogen (secondary N) is 1. The number of carbonyl (C=O) groups is 1. The van der Waals surface area contributed by atoms with Gasteiger partial charge in [0.25, 0.3) is 5.91 Å². The van der Waals surface area contributed by atoms with Gasteiger partial charge < -0.3 is 0 Å². The Hall–Kier alpha value is -1.06. The largest absolute Gasteiger partial charge is 0.274 e. The van der Waals surface area contributed by atoms with Crippen molar-refractivity contribution >= 4 is 17.5 Å².